The van der Waals surface area contributed by atoms with Crippen molar-refractivity contribution in [3.63, 3.8) is 0 Å². The Balaban J connectivity index is 0.000000724. The second kappa shape index (κ2) is 8.04. The van der Waals surface area contributed by atoms with Gasteiger partial charge in [0.05, 0.1) is 24.2 Å². The van der Waals surface area contributed by atoms with Gasteiger partial charge in [0.2, 0.25) is 6.41 Å². The van der Waals surface area contributed by atoms with Crippen LogP contribution in [0.1, 0.15) is 29.3 Å². The Bertz CT molecular complexity index is 1220. The fourth-order valence-electron chi connectivity index (χ4n) is 4.77. The van der Waals surface area contributed by atoms with Crippen LogP contribution in [0.2, 0.25) is 0 Å². The predicted octanol–water partition coefficient (Wildman–Crippen LogP) is 1.23. The van der Waals surface area contributed by atoms with E-state index >= 15 is 0 Å². The van der Waals surface area contributed by atoms with Crippen molar-refractivity contribution in [3.8, 4) is 5.75 Å². The van der Waals surface area contributed by atoms with E-state index in [1.807, 2.05) is 19.1 Å². The summed E-state index contributed by atoms with van der Waals surface area (Å²) in [4.78, 5) is 28.3. The molecule has 33 heavy (non-hydrogen) atoms. The van der Waals surface area contributed by atoms with Crippen molar-refractivity contribution < 1.29 is 19.4 Å². The van der Waals surface area contributed by atoms with Crippen LogP contribution in [0.4, 0.5) is 11.4 Å². The summed E-state index contributed by atoms with van der Waals surface area (Å²) in [5, 5.41) is 17.1. The van der Waals surface area contributed by atoms with Gasteiger partial charge in [-0.05, 0) is 37.3 Å². The maximum Gasteiger partial charge on any atom is 0.261 e. The molecule has 3 aromatic rings. The Labute approximate surface area is 190 Å². The number of aliphatic hydroxyl groups excluding tert-OH is 1. The van der Waals surface area contributed by atoms with Gasteiger partial charge in [0.1, 0.15) is 16.9 Å². The fourth-order valence-corrected chi connectivity index (χ4v) is 4.77. The van der Waals surface area contributed by atoms with E-state index in [1.54, 1.807) is 29.2 Å². The number of hydrogen-bond acceptors (Lipinski definition) is 7. The number of amides is 2. The van der Waals surface area contributed by atoms with E-state index in [0.717, 1.165) is 47.6 Å². The minimum Gasteiger partial charge on any atom is -0.484 e. The average molecular weight is 450 g/mol. The van der Waals surface area contributed by atoms with Crippen molar-refractivity contribution in [2.45, 2.75) is 25.4 Å². The van der Waals surface area contributed by atoms with E-state index in [1.165, 1.54) is 6.42 Å². The molecule has 1 saturated heterocycles. The molecule has 10 nitrogen and oxygen atoms in total. The van der Waals surface area contributed by atoms with E-state index in [-0.39, 0.29) is 18.9 Å². The second-order valence-electron chi connectivity index (χ2n) is 9.06. The van der Waals surface area contributed by atoms with Crippen LogP contribution in [0.5, 0.6) is 5.75 Å². The lowest BCUT2D eigenvalue weighted by molar-refractivity contribution is -0.106. The van der Waals surface area contributed by atoms with Gasteiger partial charge in [-0.3, -0.25) is 9.59 Å². The number of nitrogens with one attached hydrogen (secondary N) is 1. The third-order valence-electron chi connectivity index (χ3n) is 6.53. The molecule has 2 amide bonds. The standard InChI is InChI=1S/C22H23N5O3.CH3NO/c1-22(12-28)8-13-6-17(18(7-19(13)30-22)26-10-14-5-15(14)11-26)25-21(29)16-9-24-27-4-2-3-23-20(16)27;2-1-3/h2-4,6-7,9,14-15,28H,5,8,10-12H2,1H3,(H,25,29);1H,(H2,2,3)/t14-,15+,22?;. The van der Waals surface area contributed by atoms with E-state index in [0.29, 0.717) is 17.6 Å². The molecule has 1 saturated carbocycles. The van der Waals surface area contributed by atoms with Crippen LogP contribution in [0, 0.1) is 11.8 Å². The van der Waals surface area contributed by atoms with E-state index < -0.39 is 5.60 Å². The Morgan fingerprint density at radius 3 is 2.88 bits per heavy atom. The third-order valence-corrected chi connectivity index (χ3v) is 6.53. The summed E-state index contributed by atoms with van der Waals surface area (Å²) in [6.45, 7) is 3.85. The Morgan fingerprint density at radius 2 is 2.15 bits per heavy atom. The highest BCUT2D eigenvalue weighted by atomic mass is 16.5. The van der Waals surface area contributed by atoms with Gasteiger partial charge in [0.25, 0.3) is 5.91 Å². The smallest absolute Gasteiger partial charge is 0.261 e. The van der Waals surface area contributed by atoms with Gasteiger partial charge < -0.3 is 25.8 Å². The highest BCUT2D eigenvalue weighted by Gasteiger charge is 2.46. The maximum absolute atomic E-state index is 13.1. The SMILES string of the molecule is CC1(CO)Cc2cc(NC(=O)c3cnn4cccnc34)c(N3C[C@H]4C[C@H]4C3)cc2O1.NC=O. The largest absolute Gasteiger partial charge is 0.484 e. The number of benzene rings is 1. The molecule has 4 N–H and O–H groups in total. The molecule has 0 bridgehead atoms. The van der Waals surface area contributed by atoms with Gasteiger partial charge in [-0.1, -0.05) is 0 Å². The molecule has 2 aromatic heterocycles. The highest BCUT2D eigenvalue weighted by Crippen LogP contribution is 2.49. The number of primary amides is 1. The molecule has 0 spiro atoms. The molecule has 1 aromatic carbocycles. The van der Waals surface area contributed by atoms with E-state index in [2.05, 4.69) is 26.0 Å². The number of nitrogens with zero attached hydrogens (tertiary/aromatic N) is 4. The molecule has 1 unspecified atom stereocenters. The van der Waals surface area contributed by atoms with E-state index in [9.17, 15) is 9.90 Å². The summed E-state index contributed by atoms with van der Waals surface area (Å²) in [6, 6.07) is 5.79. The van der Waals surface area contributed by atoms with Crippen molar-refractivity contribution in [3.05, 3.63) is 47.9 Å². The van der Waals surface area contributed by atoms with Gasteiger partial charge in [0, 0.05) is 43.5 Å². The normalized spacial score (nSPS) is 24.4. The molecule has 172 valence electrons. The fraction of sp³-hybridized carbons (Fsp3) is 0.391. The monoisotopic (exact) mass is 450 g/mol. The molecule has 4 heterocycles. The van der Waals surface area contributed by atoms with Crippen LogP contribution in [-0.4, -0.2) is 57.3 Å². The second-order valence-corrected chi connectivity index (χ2v) is 9.06. The van der Waals surface area contributed by atoms with Gasteiger partial charge in [0.15, 0.2) is 5.65 Å². The van der Waals surface area contributed by atoms with Crippen LogP contribution in [-0.2, 0) is 11.2 Å². The van der Waals surface area contributed by atoms with Crippen molar-refractivity contribution in [2.75, 3.05) is 29.9 Å². The zero-order valence-corrected chi connectivity index (χ0v) is 18.3. The first-order valence-electron chi connectivity index (χ1n) is 10.9. The minimum absolute atomic E-state index is 0.0549. The molecule has 3 aliphatic rings. The lowest BCUT2D eigenvalue weighted by Gasteiger charge is -2.25. The lowest BCUT2D eigenvalue weighted by atomic mass is 9.99. The van der Waals surface area contributed by atoms with Gasteiger partial charge >= 0.3 is 0 Å². The van der Waals surface area contributed by atoms with Crippen molar-refractivity contribution in [1.29, 1.82) is 0 Å². The van der Waals surface area contributed by atoms with Crippen LogP contribution in [0.3, 0.4) is 0 Å². The molecule has 6 rings (SSSR count). The summed E-state index contributed by atoms with van der Waals surface area (Å²) in [5.74, 6) is 2.07. The molecule has 3 atom stereocenters. The van der Waals surface area contributed by atoms with Gasteiger partial charge in [-0.25, -0.2) is 9.50 Å². The Morgan fingerprint density at radius 1 is 1.39 bits per heavy atom. The van der Waals surface area contributed by atoms with Gasteiger partial charge in [-0.15, -0.1) is 0 Å². The van der Waals surface area contributed by atoms with Crippen molar-refractivity contribution in [1.82, 2.24) is 14.6 Å². The number of nitrogens with two attached hydrogens (primary N) is 1. The van der Waals surface area contributed by atoms with Crippen molar-refractivity contribution in [2.24, 2.45) is 17.6 Å². The third kappa shape index (κ3) is 3.86. The number of hydrogen-bond donors (Lipinski definition) is 3. The first kappa shape index (κ1) is 21.2. The number of aromatic nitrogens is 3. The van der Waals surface area contributed by atoms with Crippen molar-refractivity contribution >= 4 is 29.3 Å². The number of ether oxygens (including phenoxy) is 1. The molecule has 10 heteroatoms. The molecular formula is C23H26N6O4. The first-order valence-corrected chi connectivity index (χ1v) is 10.9. The molecule has 2 fully saturated rings. The Hall–Kier alpha value is -3.66. The number of aliphatic hydroxyl groups is 1. The molecule has 2 aliphatic heterocycles. The minimum atomic E-state index is -0.623. The summed E-state index contributed by atoms with van der Waals surface area (Å²) in [7, 11) is 0. The number of piperidine rings is 1. The van der Waals surface area contributed by atoms with Gasteiger partial charge in [-0.2, -0.15) is 5.10 Å². The summed E-state index contributed by atoms with van der Waals surface area (Å²) in [5.41, 5.74) is 7.23. The highest BCUT2D eigenvalue weighted by molar-refractivity contribution is 6.09. The Kier molecular flexibility index (Phi) is 5.16. The average Bonchev–Trinajstić information content (AvgIpc) is 3.15. The first-order chi connectivity index (χ1) is 15.9. The number of anilines is 2. The summed E-state index contributed by atoms with van der Waals surface area (Å²) < 4.78 is 7.65. The predicted molar refractivity (Wildman–Crippen MR) is 121 cm³/mol. The van der Waals surface area contributed by atoms with Crippen LogP contribution < -0.4 is 20.7 Å². The van der Waals surface area contributed by atoms with E-state index in [4.69, 9.17) is 9.53 Å². The maximum atomic E-state index is 13.1. The number of carbonyl (C=O) groups is 2. The zero-order chi connectivity index (χ0) is 23.2. The molecular weight excluding hydrogens is 424 g/mol. The summed E-state index contributed by atoms with van der Waals surface area (Å²) in [6.07, 6.45) is 7.12. The molecule has 0 radical (unpaired) electrons. The zero-order valence-electron chi connectivity index (χ0n) is 18.3. The molecule has 1 aliphatic carbocycles. The van der Waals surface area contributed by atoms with Crippen LogP contribution in [0.25, 0.3) is 5.65 Å². The van der Waals surface area contributed by atoms with Crippen LogP contribution >= 0.6 is 0 Å². The number of rotatable bonds is 4. The lowest BCUT2D eigenvalue weighted by Crippen LogP contribution is -2.34. The van der Waals surface area contributed by atoms with Crippen LogP contribution in [0.15, 0.2) is 36.8 Å². The topological polar surface area (TPSA) is 135 Å². The number of carbonyl (C=O) groups excluding carboxylic acids is 2. The number of fused-ring (bicyclic) bond motifs is 3. The summed E-state index contributed by atoms with van der Waals surface area (Å²) >= 11 is 0. The quantitative estimate of drug-likeness (QED) is 0.509.